The van der Waals surface area contributed by atoms with Gasteiger partial charge in [-0.3, -0.25) is 4.79 Å². The highest BCUT2D eigenvalue weighted by Gasteiger charge is 2.29. The first-order valence-corrected chi connectivity index (χ1v) is 7.84. The van der Waals surface area contributed by atoms with Crippen molar-refractivity contribution < 1.29 is 9.53 Å². The third kappa shape index (κ3) is 3.24. The topological polar surface area (TPSA) is 58.2 Å². The highest BCUT2D eigenvalue weighted by molar-refractivity contribution is 5.77. The average molecular weight is 301 g/mol. The molecule has 1 aliphatic rings. The molecule has 0 bridgehead atoms. The lowest BCUT2D eigenvalue weighted by Gasteiger charge is -2.33. The van der Waals surface area contributed by atoms with Gasteiger partial charge < -0.3 is 14.6 Å². The molecule has 1 fully saturated rings. The number of aromatic amines is 1. The molecular weight excluding hydrogens is 278 g/mol. The normalized spacial score (nSPS) is 17.0. The van der Waals surface area contributed by atoms with E-state index in [4.69, 9.17) is 4.74 Å². The van der Waals surface area contributed by atoms with Crippen LogP contribution >= 0.6 is 0 Å². The Labute approximate surface area is 130 Å². The summed E-state index contributed by atoms with van der Waals surface area (Å²) in [7, 11) is 0. The molecule has 0 radical (unpaired) electrons. The van der Waals surface area contributed by atoms with Gasteiger partial charge in [0.05, 0.1) is 17.0 Å². The summed E-state index contributed by atoms with van der Waals surface area (Å²) < 4.78 is 5.49. The molecule has 118 valence electrons. The second-order valence-electron chi connectivity index (χ2n) is 6.87. The fraction of sp³-hybridized carbons (Fsp3) is 0.529. The molecule has 0 saturated carbocycles. The number of hydrogen-bond acceptors (Lipinski definition) is 4. The quantitative estimate of drug-likeness (QED) is 0.866. The third-order valence-corrected chi connectivity index (χ3v) is 3.95. The highest BCUT2D eigenvalue weighted by Crippen LogP contribution is 2.25. The van der Waals surface area contributed by atoms with Crippen molar-refractivity contribution in [2.24, 2.45) is 5.92 Å². The van der Waals surface area contributed by atoms with Gasteiger partial charge in [0, 0.05) is 19.3 Å². The van der Waals surface area contributed by atoms with Crippen LogP contribution in [0.5, 0.6) is 0 Å². The molecule has 0 aromatic carbocycles. The molecule has 0 aliphatic carbocycles. The summed E-state index contributed by atoms with van der Waals surface area (Å²) >= 11 is 0. The van der Waals surface area contributed by atoms with Gasteiger partial charge in [-0.25, -0.2) is 4.98 Å². The maximum absolute atomic E-state index is 12.1. The minimum atomic E-state index is -0.408. The van der Waals surface area contributed by atoms with Crippen LogP contribution in [0.25, 0.3) is 11.0 Å². The molecule has 0 unspecified atom stereocenters. The first-order valence-electron chi connectivity index (χ1n) is 7.84. The first-order chi connectivity index (χ1) is 10.4. The number of rotatable bonds is 2. The zero-order valence-corrected chi connectivity index (χ0v) is 13.4. The molecule has 2 aromatic rings. The van der Waals surface area contributed by atoms with Crippen LogP contribution < -0.4 is 4.90 Å². The van der Waals surface area contributed by atoms with Crippen LogP contribution in [0.1, 0.15) is 33.6 Å². The number of esters is 1. The van der Waals surface area contributed by atoms with E-state index < -0.39 is 5.60 Å². The summed E-state index contributed by atoms with van der Waals surface area (Å²) in [6.45, 7) is 7.42. The lowest BCUT2D eigenvalue weighted by molar-refractivity contribution is -0.160. The molecule has 22 heavy (non-hydrogen) atoms. The molecule has 1 aliphatic heterocycles. The molecule has 2 aromatic heterocycles. The largest absolute Gasteiger partial charge is 0.460 e. The highest BCUT2D eigenvalue weighted by atomic mass is 16.6. The van der Waals surface area contributed by atoms with Crippen molar-refractivity contribution in [1.82, 2.24) is 9.97 Å². The molecule has 1 N–H and O–H groups in total. The number of piperidine rings is 1. The summed E-state index contributed by atoms with van der Waals surface area (Å²) in [4.78, 5) is 22.2. The Morgan fingerprint density at radius 1 is 1.27 bits per heavy atom. The Bertz CT molecular complexity index is 664. The van der Waals surface area contributed by atoms with E-state index in [0.29, 0.717) is 0 Å². The molecule has 0 atom stereocenters. The second kappa shape index (κ2) is 5.63. The Hall–Kier alpha value is -2.04. The molecule has 1 saturated heterocycles. The standard InChI is InChI=1S/C17H23N3O2/c1-17(2,3)22-16(21)12-7-10-20(11-8-12)15-5-4-13-14(19-15)6-9-18-13/h4-6,9,12,18H,7-8,10-11H2,1-3H3. The van der Waals surface area contributed by atoms with E-state index in [0.717, 1.165) is 42.8 Å². The fourth-order valence-corrected chi connectivity index (χ4v) is 2.83. The minimum absolute atomic E-state index is 0.00599. The monoisotopic (exact) mass is 301 g/mol. The van der Waals surface area contributed by atoms with Crippen LogP contribution in [0.4, 0.5) is 5.82 Å². The zero-order valence-electron chi connectivity index (χ0n) is 13.4. The van der Waals surface area contributed by atoms with Crippen LogP contribution in [-0.4, -0.2) is 34.6 Å². The summed E-state index contributed by atoms with van der Waals surface area (Å²) in [5.41, 5.74) is 1.62. The van der Waals surface area contributed by atoms with Crippen LogP contribution in [-0.2, 0) is 9.53 Å². The predicted molar refractivity (Wildman–Crippen MR) is 86.9 cm³/mol. The van der Waals surface area contributed by atoms with Crippen molar-refractivity contribution in [3.63, 3.8) is 0 Å². The Morgan fingerprint density at radius 2 is 2.00 bits per heavy atom. The fourth-order valence-electron chi connectivity index (χ4n) is 2.83. The van der Waals surface area contributed by atoms with E-state index in [9.17, 15) is 4.79 Å². The number of pyridine rings is 1. The van der Waals surface area contributed by atoms with Crippen molar-refractivity contribution in [2.75, 3.05) is 18.0 Å². The lowest BCUT2D eigenvalue weighted by Crippen LogP contribution is -2.39. The van der Waals surface area contributed by atoms with Gasteiger partial charge in [0.15, 0.2) is 0 Å². The Kier molecular flexibility index (Phi) is 3.81. The number of ether oxygens (including phenoxy) is 1. The number of hydrogen-bond donors (Lipinski definition) is 1. The number of nitrogens with zero attached hydrogens (tertiary/aromatic N) is 2. The van der Waals surface area contributed by atoms with Gasteiger partial charge in [0.1, 0.15) is 11.4 Å². The van der Waals surface area contributed by atoms with Crippen molar-refractivity contribution >= 4 is 22.8 Å². The van der Waals surface area contributed by atoms with Crippen LogP contribution in [0.3, 0.4) is 0 Å². The lowest BCUT2D eigenvalue weighted by atomic mass is 9.96. The van der Waals surface area contributed by atoms with Gasteiger partial charge in [-0.1, -0.05) is 0 Å². The Balaban J connectivity index is 1.62. The molecule has 5 heteroatoms. The minimum Gasteiger partial charge on any atom is -0.460 e. The second-order valence-corrected chi connectivity index (χ2v) is 6.87. The zero-order chi connectivity index (χ0) is 15.7. The first kappa shape index (κ1) is 14.9. The van der Waals surface area contributed by atoms with Crippen molar-refractivity contribution in [3.05, 3.63) is 24.4 Å². The molecule has 3 rings (SSSR count). The number of fused-ring (bicyclic) bond motifs is 1. The van der Waals surface area contributed by atoms with Gasteiger partial charge in [-0.05, 0) is 51.8 Å². The summed E-state index contributed by atoms with van der Waals surface area (Å²) in [5.74, 6) is 0.919. The van der Waals surface area contributed by atoms with Gasteiger partial charge in [0.25, 0.3) is 0 Å². The molecule has 3 heterocycles. The van der Waals surface area contributed by atoms with Crippen molar-refractivity contribution in [2.45, 2.75) is 39.2 Å². The summed E-state index contributed by atoms with van der Waals surface area (Å²) in [5, 5.41) is 0. The molecule has 5 nitrogen and oxygen atoms in total. The van der Waals surface area contributed by atoms with Gasteiger partial charge in [0.2, 0.25) is 0 Å². The number of aromatic nitrogens is 2. The molecule has 0 amide bonds. The van der Waals surface area contributed by atoms with E-state index >= 15 is 0 Å². The van der Waals surface area contributed by atoms with Gasteiger partial charge in [-0.15, -0.1) is 0 Å². The maximum atomic E-state index is 12.1. The number of nitrogens with one attached hydrogen (secondary N) is 1. The maximum Gasteiger partial charge on any atom is 0.309 e. The number of anilines is 1. The number of carbonyl (C=O) groups excluding carboxylic acids is 1. The number of carbonyl (C=O) groups is 1. The van der Waals surface area contributed by atoms with E-state index in [1.165, 1.54) is 0 Å². The van der Waals surface area contributed by atoms with Crippen LogP contribution in [0, 0.1) is 5.92 Å². The molecular formula is C17H23N3O2. The average Bonchev–Trinajstić information content (AvgIpc) is 2.93. The van der Waals surface area contributed by atoms with E-state index in [1.54, 1.807) is 0 Å². The third-order valence-electron chi connectivity index (χ3n) is 3.95. The van der Waals surface area contributed by atoms with E-state index in [-0.39, 0.29) is 11.9 Å². The smallest absolute Gasteiger partial charge is 0.309 e. The van der Waals surface area contributed by atoms with E-state index in [1.807, 2.05) is 39.1 Å². The van der Waals surface area contributed by atoms with E-state index in [2.05, 4.69) is 20.9 Å². The SMILES string of the molecule is CC(C)(C)OC(=O)C1CCN(c2ccc3[nH]ccc3n2)CC1. The predicted octanol–water partition coefficient (Wildman–Crippen LogP) is 3.12. The van der Waals surface area contributed by atoms with Crippen LogP contribution in [0.15, 0.2) is 24.4 Å². The van der Waals surface area contributed by atoms with Crippen LogP contribution in [0.2, 0.25) is 0 Å². The summed E-state index contributed by atoms with van der Waals surface area (Å²) in [6.07, 6.45) is 3.54. The van der Waals surface area contributed by atoms with Crippen molar-refractivity contribution in [1.29, 1.82) is 0 Å². The summed E-state index contributed by atoms with van der Waals surface area (Å²) in [6, 6.07) is 6.07. The van der Waals surface area contributed by atoms with Gasteiger partial charge >= 0.3 is 5.97 Å². The van der Waals surface area contributed by atoms with Gasteiger partial charge in [-0.2, -0.15) is 0 Å². The van der Waals surface area contributed by atoms with Crippen molar-refractivity contribution in [3.8, 4) is 0 Å². The molecule has 0 spiro atoms. The Morgan fingerprint density at radius 3 is 2.68 bits per heavy atom. The number of H-pyrrole nitrogens is 1.